The Balaban J connectivity index is 1.45. The van der Waals surface area contributed by atoms with E-state index in [4.69, 9.17) is 4.52 Å². The van der Waals surface area contributed by atoms with Crippen LogP contribution in [0, 0.1) is 20.8 Å². The zero-order valence-corrected chi connectivity index (χ0v) is 18.5. The molecule has 8 heteroatoms. The Kier molecular flexibility index (Phi) is 6.99. The molecule has 0 unspecified atom stereocenters. The minimum atomic E-state index is -0.210. The fraction of sp³-hybridized carbons (Fsp3) is 0.364. The molecule has 3 rings (SSSR count). The van der Waals surface area contributed by atoms with Crippen molar-refractivity contribution in [2.24, 2.45) is 0 Å². The van der Waals surface area contributed by atoms with Gasteiger partial charge in [-0.15, -0.1) is 11.3 Å². The fourth-order valence-electron chi connectivity index (χ4n) is 3.30. The molecule has 0 aliphatic heterocycles. The number of nitrogens with zero attached hydrogens (tertiary/aromatic N) is 3. The van der Waals surface area contributed by atoms with Crippen molar-refractivity contribution < 1.29 is 14.1 Å². The average molecular weight is 427 g/mol. The first kappa shape index (κ1) is 21.7. The number of carbonyl (C=O) groups excluding carboxylic acids is 2. The lowest BCUT2D eigenvalue weighted by atomic mass is 10.1. The molecule has 0 aliphatic rings. The number of rotatable bonds is 8. The number of hydrogen-bond donors (Lipinski definition) is 1. The molecule has 2 aromatic heterocycles. The van der Waals surface area contributed by atoms with Gasteiger partial charge in [0.1, 0.15) is 0 Å². The first-order valence-electron chi connectivity index (χ1n) is 9.81. The molecule has 0 radical (unpaired) electrons. The second-order valence-electron chi connectivity index (χ2n) is 7.41. The highest BCUT2D eigenvalue weighted by atomic mass is 32.1. The van der Waals surface area contributed by atoms with E-state index < -0.39 is 0 Å². The molecule has 1 aromatic carbocycles. The summed E-state index contributed by atoms with van der Waals surface area (Å²) in [7, 11) is 1.64. The Bertz CT molecular complexity index is 1000. The molecule has 2 amide bonds. The maximum Gasteiger partial charge on any atom is 0.243 e. The fourth-order valence-corrected chi connectivity index (χ4v) is 3.95. The van der Waals surface area contributed by atoms with Crippen molar-refractivity contribution in [2.75, 3.05) is 18.9 Å². The summed E-state index contributed by atoms with van der Waals surface area (Å²) < 4.78 is 5.25. The van der Waals surface area contributed by atoms with Gasteiger partial charge in [0.15, 0.2) is 0 Å². The largest absolute Gasteiger partial charge is 0.339 e. The third-order valence-corrected chi connectivity index (χ3v) is 5.60. The number of likely N-dealkylation sites (N-methyl/N-ethyl adjacent to an activating group) is 1. The molecule has 1 N–H and O–H groups in total. The number of aryl methyl sites for hydroxylation is 4. The molecule has 3 aromatic rings. The Labute approximate surface area is 180 Å². The van der Waals surface area contributed by atoms with Crippen molar-refractivity contribution in [1.29, 1.82) is 0 Å². The van der Waals surface area contributed by atoms with E-state index in [2.05, 4.69) is 15.5 Å². The lowest BCUT2D eigenvalue weighted by Gasteiger charge is -2.18. The smallest absolute Gasteiger partial charge is 0.243 e. The van der Waals surface area contributed by atoms with Gasteiger partial charge in [-0.05, 0) is 49.8 Å². The first-order valence-corrected chi connectivity index (χ1v) is 10.7. The van der Waals surface area contributed by atoms with E-state index in [0.717, 1.165) is 27.3 Å². The van der Waals surface area contributed by atoms with Crippen LogP contribution in [0.4, 0.5) is 5.69 Å². The lowest BCUT2D eigenvalue weighted by molar-refractivity contribution is -0.133. The number of benzene rings is 1. The van der Waals surface area contributed by atoms with Crippen molar-refractivity contribution in [3.05, 3.63) is 52.2 Å². The number of aromatic nitrogens is 2. The van der Waals surface area contributed by atoms with Crippen LogP contribution in [0.15, 0.2) is 34.2 Å². The second-order valence-corrected chi connectivity index (χ2v) is 8.36. The Morgan fingerprint density at radius 3 is 2.60 bits per heavy atom. The van der Waals surface area contributed by atoms with Gasteiger partial charge in [0, 0.05) is 25.6 Å². The van der Waals surface area contributed by atoms with E-state index in [9.17, 15) is 9.59 Å². The molecule has 30 heavy (non-hydrogen) atoms. The number of nitrogens with one attached hydrogen (secondary N) is 1. The SMILES string of the molecule is Cc1cc(C)c(NC(=O)CN(C)C(=O)CCCc2nc(-c3cccs3)no2)c(C)c1. The van der Waals surface area contributed by atoms with Gasteiger partial charge in [0.2, 0.25) is 23.5 Å². The zero-order chi connectivity index (χ0) is 21.7. The number of hydrogen-bond acceptors (Lipinski definition) is 6. The topological polar surface area (TPSA) is 88.3 Å². The minimum absolute atomic E-state index is 0.00860. The molecule has 0 aliphatic carbocycles. The third-order valence-electron chi connectivity index (χ3n) is 4.74. The van der Waals surface area contributed by atoms with Gasteiger partial charge in [0.05, 0.1) is 11.4 Å². The van der Waals surface area contributed by atoms with Crippen LogP contribution in [-0.4, -0.2) is 40.4 Å². The van der Waals surface area contributed by atoms with Gasteiger partial charge in [-0.3, -0.25) is 9.59 Å². The van der Waals surface area contributed by atoms with Crippen molar-refractivity contribution in [3.8, 4) is 10.7 Å². The highest BCUT2D eigenvalue weighted by molar-refractivity contribution is 7.13. The van der Waals surface area contributed by atoms with E-state index in [-0.39, 0.29) is 18.4 Å². The quantitative estimate of drug-likeness (QED) is 0.585. The Morgan fingerprint density at radius 2 is 1.93 bits per heavy atom. The van der Waals surface area contributed by atoms with Crippen molar-refractivity contribution in [1.82, 2.24) is 15.0 Å². The van der Waals surface area contributed by atoms with E-state index >= 15 is 0 Å². The molecule has 2 heterocycles. The summed E-state index contributed by atoms with van der Waals surface area (Å²) in [4.78, 5) is 31.5. The molecular weight excluding hydrogens is 400 g/mol. The minimum Gasteiger partial charge on any atom is -0.339 e. The molecule has 0 saturated heterocycles. The summed E-state index contributed by atoms with van der Waals surface area (Å²) in [6, 6.07) is 7.92. The van der Waals surface area contributed by atoms with Crippen LogP contribution in [0.3, 0.4) is 0 Å². The summed E-state index contributed by atoms with van der Waals surface area (Å²) in [5.74, 6) is 0.776. The van der Waals surface area contributed by atoms with Gasteiger partial charge in [0.25, 0.3) is 0 Å². The van der Waals surface area contributed by atoms with E-state index in [1.54, 1.807) is 18.4 Å². The van der Waals surface area contributed by atoms with E-state index in [1.165, 1.54) is 4.90 Å². The monoisotopic (exact) mass is 426 g/mol. The predicted molar refractivity (Wildman–Crippen MR) is 117 cm³/mol. The number of thiophene rings is 1. The van der Waals surface area contributed by atoms with Crippen LogP contribution in [0.1, 0.15) is 35.4 Å². The van der Waals surface area contributed by atoms with Gasteiger partial charge in [-0.1, -0.05) is 28.9 Å². The first-order chi connectivity index (χ1) is 14.3. The highest BCUT2D eigenvalue weighted by Crippen LogP contribution is 2.22. The maximum atomic E-state index is 12.4. The molecule has 0 saturated carbocycles. The standard InChI is InChI=1S/C22H26N4O3S/c1-14-11-15(2)21(16(3)12-14)23-18(27)13-26(4)20(28)9-5-8-19-24-22(25-29-19)17-7-6-10-30-17/h6-7,10-12H,5,8-9,13H2,1-4H3,(H,23,27). The molecule has 0 spiro atoms. The third kappa shape index (κ3) is 5.54. The Hall–Kier alpha value is -3.00. The van der Waals surface area contributed by atoms with Crippen LogP contribution in [0.2, 0.25) is 0 Å². The second kappa shape index (κ2) is 9.67. The molecule has 7 nitrogen and oxygen atoms in total. The Morgan fingerprint density at radius 1 is 1.20 bits per heavy atom. The summed E-state index contributed by atoms with van der Waals surface area (Å²) in [5, 5.41) is 8.85. The van der Waals surface area contributed by atoms with Crippen LogP contribution < -0.4 is 5.32 Å². The molecule has 0 atom stereocenters. The maximum absolute atomic E-state index is 12.4. The number of anilines is 1. The molecule has 0 bridgehead atoms. The van der Waals surface area contributed by atoms with Crippen molar-refractivity contribution >= 4 is 28.8 Å². The summed E-state index contributed by atoms with van der Waals surface area (Å²) in [6.07, 6.45) is 1.40. The van der Waals surface area contributed by atoms with Crippen molar-refractivity contribution in [3.63, 3.8) is 0 Å². The van der Waals surface area contributed by atoms with Gasteiger partial charge in [-0.2, -0.15) is 4.98 Å². The van der Waals surface area contributed by atoms with Crippen LogP contribution in [0.25, 0.3) is 10.7 Å². The highest BCUT2D eigenvalue weighted by Gasteiger charge is 2.16. The average Bonchev–Trinajstić information content (AvgIpc) is 3.36. The van der Waals surface area contributed by atoms with Crippen LogP contribution >= 0.6 is 11.3 Å². The summed E-state index contributed by atoms with van der Waals surface area (Å²) in [6.45, 7) is 5.96. The van der Waals surface area contributed by atoms with Gasteiger partial charge < -0.3 is 14.7 Å². The van der Waals surface area contributed by atoms with Gasteiger partial charge in [-0.25, -0.2) is 0 Å². The van der Waals surface area contributed by atoms with E-state index in [1.807, 2.05) is 50.4 Å². The van der Waals surface area contributed by atoms with Gasteiger partial charge >= 0.3 is 0 Å². The molecular formula is C22H26N4O3S. The van der Waals surface area contributed by atoms with E-state index in [0.29, 0.717) is 31.0 Å². The summed E-state index contributed by atoms with van der Waals surface area (Å²) in [5.41, 5.74) is 3.98. The van der Waals surface area contributed by atoms with Crippen LogP contribution in [-0.2, 0) is 16.0 Å². The molecule has 0 fully saturated rings. The molecule has 158 valence electrons. The zero-order valence-electron chi connectivity index (χ0n) is 17.7. The predicted octanol–water partition coefficient (Wildman–Crippen LogP) is 4.14. The number of amides is 2. The van der Waals surface area contributed by atoms with Crippen molar-refractivity contribution in [2.45, 2.75) is 40.0 Å². The lowest BCUT2D eigenvalue weighted by Crippen LogP contribution is -2.35. The number of carbonyl (C=O) groups is 2. The van der Waals surface area contributed by atoms with Crippen LogP contribution in [0.5, 0.6) is 0 Å². The normalized spacial score (nSPS) is 10.8. The summed E-state index contributed by atoms with van der Waals surface area (Å²) >= 11 is 1.55.